The molecule has 2 aromatic rings. The van der Waals surface area contributed by atoms with Gasteiger partial charge in [0.05, 0.1) is 0 Å². The maximum Gasteiger partial charge on any atom is 0.129 e. The fraction of sp³-hybridized carbons (Fsp3) is 0.133. The van der Waals surface area contributed by atoms with Crippen LogP contribution in [-0.4, -0.2) is 18.2 Å². The summed E-state index contributed by atoms with van der Waals surface area (Å²) in [6.07, 6.45) is 0. The third-order valence-corrected chi connectivity index (χ3v) is 2.81. The van der Waals surface area contributed by atoms with Crippen molar-refractivity contribution in [3.63, 3.8) is 0 Å². The summed E-state index contributed by atoms with van der Waals surface area (Å²) in [4.78, 5) is 0.284. The van der Waals surface area contributed by atoms with Gasteiger partial charge < -0.3 is 15.2 Å². The minimum Gasteiger partial charge on any atom is -0.490 e. The first-order valence-electron chi connectivity index (χ1n) is 6.16. The van der Waals surface area contributed by atoms with E-state index in [2.05, 4.69) is 0 Å². The molecule has 110 valence electrons. The molecule has 0 aliphatic heterocycles. The molecule has 2 N–H and O–H groups in total. The van der Waals surface area contributed by atoms with Gasteiger partial charge in [-0.2, -0.15) is 0 Å². The van der Waals surface area contributed by atoms with E-state index in [1.807, 2.05) is 0 Å². The molecule has 0 amide bonds. The number of ether oxygens (including phenoxy) is 2. The number of benzene rings is 2. The van der Waals surface area contributed by atoms with Gasteiger partial charge in [0.2, 0.25) is 0 Å². The molecule has 2 aromatic carbocycles. The topological polar surface area (TPSA) is 44.5 Å². The predicted octanol–water partition coefficient (Wildman–Crippen LogP) is 3.06. The van der Waals surface area contributed by atoms with Crippen LogP contribution in [0, 0.1) is 11.6 Å². The lowest BCUT2D eigenvalue weighted by molar-refractivity contribution is 0.216. The van der Waals surface area contributed by atoms with E-state index < -0.39 is 11.6 Å². The molecular weight excluding hydrogens is 296 g/mol. The highest BCUT2D eigenvalue weighted by Gasteiger charge is 2.02. The Morgan fingerprint density at radius 2 is 1.57 bits per heavy atom. The summed E-state index contributed by atoms with van der Waals surface area (Å²) < 4.78 is 36.6. The first-order valence-corrected chi connectivity index (χ1v) is 6.57. The van der Waals surface area contributed by atoms with Crippen LogP contribution in [-0.2, 0) is 0 Å². The quantitative estimate of drug-likeness (QED) is 0.658. The van der Waals surface area contributed by atoms with Gasteiger partial charge in [-0.25, -0.2) is 8.78 Å². The molecular formula is C15H13F2NO2S. The van der Waals surface area contributed by atoms with Crippen molar-refractivity contribution in [2.24, 2.45) is 5.73 Å². The summed E-state index contributed by atoms with van der Waals surface area (Å²) in [7, 11) is 0. The van der Waals surface area contributed by atoms with Gasteiger partial charge in [-0.3, -0.25) is 0 Å². The molecule has 0 fully saturated rings. The molecule has 0 bridgehead atoms. The van der Waals surface area contributed by atoms with Gasteiger partial charge in [0, 0.05) is 23.8 Å². The molecule has 0 aliphatic rings. The van der Waals surface area contributed by atoms with Gasteiger partial charge in [0.15, 0.2) is 0 Å². The molecule has 6 heteroatoms. The summed E-state index contributed by atoms with van der Waals surface area (Å²) in [5, 5.41) is 0. The van der Waals surface area contributed by atoms with Crippen molar-refractivity contribution >= 4 is 17.2 Å². The summed E-state index contributed by atoms with van der Waals surface area (Å²) in [5.74, 6) is -0.660. The van der Waals surface area contributed by atoms with Gasteiger partial charge in [-0.15, -0.1) is 0 Å². The molecule has 0 heterocycles. The Kier molecular flexibility index (Phi) is 5.05. The average Bonchev–Trinajstić information content (AvgIpc) is 2.43. The van der Waals surface area contributed by atoms with Crippen LogP contribution in [0.2, 0.25) is 0 Å². The van der Waals surface area contributed by atoms with E-state index >= 15 is 0 Å². The van der Waals surface area contributed by atoms with E-state index in [1.54, 1.807) is 24.3 Å². The Bertz CT molecular complexity index is 629. The first kappa shape index (κ1) is 15.2. The Morgan fingerprint density at radius 3 is 2.19 bits per heavy atom. The monoisotopic (exact) mass is 309 g/mol. The van der Waals surface area contributed by atoms with E-state index in [1.165, 1.54) is 0 Å². The third-order valence-electron chi connectivity index (χ3n) is 2.58. The lowest BCUT2D eigenvalue weighted by atomic mass is 10.2. The molecule has 0 radical (unpaired) electrons. The summed E-state index contributed by atoms with van der Waals surface area (Å²) >= 11 is 4.87. The summed E-state index contributed by atoms with van der Waals surface area (Å²) in [6.45, 7) is 0.374. The Balaban J connectivity index is 1.84. The molecule has 0 aromatic heterocycles. The van der Waals surface area contributed by atoms with Gasteiger partial charge >= 0.3 is 0 Å². The second kappa shape index (κ2) is 6.99. The summed E-state index contributed by atoms with van der Waals surface area (Å²) in [5.41, 5.74) is 6.23. The normalized spacial score (nSPS) is 10.2. The van der Waals surface area contributed by atoms with Crippen molar-refractivity contribution in [1.29, 1.82) is 0 Å². The number of thiocarbonyl (C=S) groups is 1. The minimum absolute atomic E-state index is 0.119. The van der Waals surface area contributed by atoms with Crippen LogP contribution >= 0.6 is 12.2 Å². The zero-order valence-corrected chi connectivity index (χ0v) is 11.8. The van der Waals surface area contributed by atoms with Crippen LogP contribution in [0.15, 0.2) is 42.5 Å². The van der Waals surface area contributed by atoms with Crippen molar-refractivity contribution in [3.05, 3.63) is 59.7 Å². The van der Waals surface area contributed by atoms with Crippen molar-refractivity contribution in [1.82, 2.24) is 0 Å². The molecule has 0 spiro atoms. The standard InChI is InChI=1S/C15H13F2NO2S/c16-11-7-12(17)9-14(8-11)20-5-4-19-13-3-1-2-10(6-13)15(18)21/h1-3,6-9H,4-5H2,(H2,18,21). The van der Waals surface area contributed by atoms with Crippen LogP contribution in [0.25, 0.3) is 0 Å². The van der Waals surface area contributed by atoms with Gasteiger partial charge in [-0.1, -0.05) is 24.4 Å². The number of rotatable bonds is 6. The SMILES string of the molecule is NC(=S)c1cccc(OCCOc2cc(F)cc(F)c2)c1. The van der Waals surface area contributed by atoms with Crippen LogP contribution in [0.1, 0.15) is 5.56 Å². The Morgan fingerprint density at radius 1 is 0.952 bits per heavy atom. The van der Waals surface area contributed by atoms with Crippen molar-refractivity contribution in [2.45, 2.75) is 0 Å². The number of nitrogens with two attached hydrogens (primary N) is 1. The van der Waals surface area contributed by atoms with E-state index in [4.69, 9.17) is 27.4 Å². The van der Waals surface area contributed by atoms with Gasteiger partial charge in [0.25, 0.3) is 0 Å². The van der Waals surface area contributed by atoms with Crippen molar-refractivity contribution in [2.75, 3.05) is 13.2 Å². The maximum atomic E-state index is 12.9. The van der Waals surface area contributed by atoms with E-state index in [9.17, 15) is 8.78 Å². The fourth-order valence-electron chi connectivity index (χ4n) is 1.67. The Labute approximate surface area is 126 Å². The van der Waals surface area contributed by atoms with Crippen LogP contribution < -0.4 is 15.2 Å². The minimum atomic E-state index is -0.685. The lowest BCUT2D eigenvalue weighted by Crippen LogP contribution is -2.11. The predicted molar refractivity (Wildman–Crippen MR) is 79.7 cm³/mol. The molecule has 0 unspecified atom stereocenters. The van der Waals surface area contributed by atoms with Crippen LogP contribution in [0.3, 0.4) is 0 Å². The van der Waals surface area contributed by atoms with E-state index in [0.29, 0.717) is 11.3 Å². The second-order valence-electron chi connectivity index (χ2n) is 4.19. The molecule has 0 atom stereocenters. The largest absolute Gasteiger partial charge is 0.490 e. The second-order valence-corrected chi connectivity index (χ2v) is 4.63. The smallest absolute Gasteiger partial charge is 0.129 e. The van der Waals surface area contributed by atoms with Gasteiger partial charge in [0.1, 0.15) is 41.3 Å². The Hall–Kier alpha value is -2.21. The average molecular weight is 309 g/mol. The zero-order valence-electron chi connectivity index (χ0n) is 11.0. The molecule has 0 aliphatic carbocycles. The molecule has 2 rings (SSSR count). The van der Waals surface area contributed by atoms with Crippen LogP contribution in [0.5, 0.6) is 11.5 Å². The number of hydrogen-bond donors (Lipinski definition) is 1. The van der Waals surface area contributed by atoms with Crippen molar-refractivity contribution in [3.8, 4) is 11.5 Å². The van der Waals surface area contributed by atoms with Gasteiger partial charge in [-0.05, 0) is 12.1 Å². The molecule has 21 heavy (non-hydrogen) atoms. The van der Waals surface area contributed by atoms with Crippen molar-refractivity contribution < 1.29 is 18.3 Å². The van der Waals surface area contributed by atoms with E-state index in [0.717, 1.165) is 18.2 Å². The molecule has 3 nitrogen and oxygen atoms in total. The van der Waals surface area contributed by atoms with Crippen LogP contribution in [0.4, 0.5) is 8.78 Å². The summed E-state index contributed by atoms with van der Waals surface area (Å²) in [6, 6.07) is 10.0. The highest BCUT2D eigenvalue weighted by molar-refractivity contribution is 7.80. The number of halogens is 2. The molecule has 0 saturated heterocycles. The highest BCUT2D eigenvalue weighted by Crippen LogP contribution is 2.16. The first-order chi connectivity index (χ1) is 10.0. The third kappa shape index (κ3) is 4.68. The lowest BCUT2D eigenvalue weighted by Gasteiger charge is -2.09. The fourth-order valence-corrected chi connectivity index (χ4v) is 1.80. The van der Waals surface area contributed by atoms with E-state index in [-0.39, 0.29) is 24.0 Å². The number of hydrogen-bond acceptors (Lipinski definition) is 3. The molecule has 0 saturated carbocycles. The highest BCUT2D eigenvalue weighted by atomic mass is 32.1. The zero-order chi connectivity index (χ0) is 15.2. The maximum absolute atomic E-state index is 12.9.